The third-order valence-electron chi connectivity index (χ3n) is 2.27. The summed E-state index contributed by atoms with van der Waals surface area (Å²) in [7, 11) is 0. The summed E-state index contributed by atoms with van der Waals surface area (Å²) >= 11 is 0. The summed E-state index contributed by atoms with van der Waals surface area (Å²) in [5, 5.41) is 19.5. The van der Waals surface area contributed by atoms with Gasteiger partial charge >= 0.3 is 6.18 Å². The number of carbonyl (C=O) groups excluding carboxylic acids is 1. The number of carbonyl (C=O) groups is 1. The van der Waals surface area contributed by atoms with Gasteiger partial charge in [0.15, 0.2) is 0 Å². The molecule has 0 aromatic heterocycles. The van der Waals surface area contributed by atoms with Crippen molar-refractivity contribution in [2.24, 2.45) is 0 Å². The minimum Gasteiger partial charge on any atom is -0.373 e. The van der Waals surface area contributed by atoms with Gasteiger partial charge in [-0.25, -0.2) is 0 Å². The van der Waals surface area contributed by atoms with Crippen molar-refractivity contribution in [3.05, 3.63) is 29.8 Å². The van der Waals surface area contributed by atoms with Gasteiger partial charge in [-0.2, -0.15) is 18.4 Å². The van der Waals surface area contributed by atoms with Crippen molar-refractivity contribution >= 4 is 11.6 Å². The molecule has 0 saturated carbocycles. The van der Waals surface area contributed by atoms with Gasteiger partial charge in [0.25, 0.3) is 5.91 Å². The van der Waals surface area contributed by atoms with Gasteiger partial charge in [-0.05, 0) is 31.2 Å². The van der Waals surface area contributed by atoms with E-state index < -0.39 is 17.7 Å². The standard InChI is InChI=1S/C11H9F3N2O2/c1-10(18,11(12,13)14)9(17)16-8-4-2-7(6-15)3-5-8/h2-5,18H,1H3,(H,16,17). The summed E-state index contributed by atoms with van der Waals surface area (Å²) in [5.41, 5.74) is -3.11. The molecule has 96 valence electrons. The van der Waals surface area contributed by atoms with Crippen molar-refractivity contribution in [1.82, 2.24) is 0 Å². The number of aliphatic hydroxyl groups is 1. The van der Waals surface area contributed by atoms with Crippen LogP contribution in [0.15, 0.2) is 24.3 Å². The molecule has 7 heteroatoms. The number of amides is 1. The lowest BCUT2D eigenvalue weighted by Gasteiger charge is -2.24. The maximum absolute atomic E-state index is 12.4. The van der Waals surface area contributed by atoms with E-state index in [-0.39, 0.29) is 5.69 Å². The summed E-state index contributed by atoms with van der Waals surface area (Å²) in [6, 6.07) is 7.02. The van der Waals surface area contributed by atoms with Crippen molar-refractivity contribution in [1.29, 1.82) is 5.26 Å². The van der Waals surface area contributed by atoms with Gasteiger partial charge in [-0.1, -0.05) is 0 Å². The molecule has 1 aromatic rings. The number of hydrogen-bond acceptors (Lipinski definition) is 3. The van der Waals surface area contributed by atoms with Gasteiger partial charge in [0.05, 0.1) is 11.6 Å². The number of benzene rings is 1. The smallest absolute Gasteiger partial charge is 0.373 e. The quantitative estimate of drug-likeness (QED) is 0.849. The largest absolute Gasteiger partial charge is 0.426 e. The van der Waals surface area contributed by atoms with E-state index in [0.717, 1.165) is 0 Å². The molecule has 0 radical (unpaired) electrons. The number of nitriles is 1. The van der Waals surface area contributed by atoms with Gasteiger partial charge in [-0.3, -0.25) is 4.79 Å². The Bertz CT molecular complexity index is 486. The van der Waals surface area contributed by atoms with Crippen molar-refractivity contribution in [3.63, 3.8) is 0 Å². The second kappa shape index (κ2) is 4.66. The first-order valence-corrected chi connectivity index (χ1v) is 4.79. The normalized spacial score (nSPS) is 14.4. The molecule has 1 aromatic carbocycles. The van der Waals surface area contributed by atoms with Crippen LogP contribution in [0.25, 0.3) is 0 Å². The number of rotatable bonds is 2. The third-order valence-corrected chi connectivity index (χ3v) is 2.27. The van der Waals surface area contributed by atoms with Crippen LogP contribution in [0.5, 0.6) is 0 Å². The first kappa shape index (κ1) is 14.0. The second-order valence-corrected chi connectivity index (χ2v) is 3.71. The number of nitrogens with zero attached hydrogens (tertiary/aromatic N) is 1. The molecule has 0 aliphatic carbocycles. The third kappa shape index (κ3) is 2.78. The molecule has 0 bridgehead atoms. The number of alkyl halides is 3. The molecule has 0 spiro atoms. The molecule has 1 atom stereocenters. The summed E-state index contributed by atoms with van der Waals surface area (Å²) in [4.78, 5) is 11.3. The fourth-order valence-electron chi connectivity index (χ4n) is 1.01. The highest BCUT2D eigenvalue weighted by Gasteiger charge is 2.55. The first-order chi connectivity index (χ1) is 8.18. The lowest BCUT2D eigenvalue weighted by Crippen LogP contribution is -2.52. The number of halogens is 3. The first-order valence-electron chi connectivity index (χ1n) is 4.79. The Morgan fingerprint density at radius 3 is 2.22 bits per heavy atom. The molecule has 18 heavy (non-hydrogen) atoms. The van der Waals surface area contributed by atoms with Crippen LogP contribution in [0.2, 0.25) is 0 Å². The van der Waals surface area contributed by atoms with Crippen LogP contribution in [-0.2, 0) is 4.79 Å². The Labute approximate surface area is 101 Å². The second-order valence-electron chi connectivity index (χ2n) is 3.71. The molecule has 4 nitrogen and oxygen atoms in total. The van der Waals surface area contributed by atoms with E-state index in [4.69, 9.17) is 10.4 Å². The highest BCUT2D eigenvalue weighted by atomic mass is 19.4. The Kier molecular flexibility index (Phi) is 3.62. The predicted molar refractivity (Wildman–Crippen MR) is 56.5 cm³/mol. The lowest BCUT2D eigenvalue weighted by molar-refractivity contribution is -0.242. The van der Waals surface area contributed by atoms with E-state index in [9.17, 15) is 18.0 Å². The fourth-order valence-corrected chi connectivity index (χ4v) is 1.01. The Balaban J connectivity index is 2.85. The average Bonchev–Trinajstić information content (AvgIpc) is 2.28. The summed E-state index contributed by atoms with van der Waals surface area (Å²) < 4.78 is 37.1. The number of nitrogens with one attached hydrogen (secondary N) is 1. The summed E-state index contributed by atoms with van der Waals surface area (Å²) in [6.07, 6.45) is -5.07. The molecule has 0 aliphatic rings. The van der Waals surface area contributed by atoms with Crippen LogP contribution in [0.3, 0.4) is 0 Å². The Morgan fingerprint density at radius 2 is 1.83 bits per heavy atom. The van der Waals surface area contributed by atoms with Crippen molar-refractivity contribution in [2.75, 3.05) is 5.32 Å². The van der Waals surface area contributed by atoms with Crippen LogP contribution in [0, 0.1) is 11.3 Å². The molecular weight excluding hydrogens is 249 g/mol. The molecule has 2 N–H and O–H groups in total. The lowest BCUT2D eigenvalue weighted by atomic mass is 10.1. The number of hydrogen-bond donors (Lipinski definition) is 2. The van der Waals surface area contributed by atoms with E-state index in [1.807, 2.05) is 11.4 Å². The van der Waals surface area contributed by atoms with Crippen LogP contribution >= 0.6 is 0 Å². The SMILES string of the molecule is CC(O)(C(=O)Nc1ccc(C#N)cc1)C(F)(F)F. The number of anilines is 1. The van der Waals surface area contributed by atoms with E-state index in [2.05, 4.69) is 0 Å². The minimum absolute atomic E-state index is 0.0588. The van der Waals surface area contributed by atoms with E-state index in [0.29, 0.717) is 12.5 Å². The van der Waals surface area contributed by atoms with Crippen molar-refractivity contribution in [3.8, 4) is 6.07 Å². The molecule has 0 heterocycles. The maximum atomic E-state index is 12.4. The van der Waals surface area contributed by atoms with Gasteiger partial charge in [0.2, 0.25) is 5.60 Å². The van der Waals surface area contributed by atoms with Crippen LogP contribution < -0.4 is 5.32 Å². The van der Waals surface area contributed by atoms with Gasteiger partial charge < -0.3 is 10.4 Å². The average molecular weight is 258 g/mol. The highest BCUT2D eigenvalue weighted by Crippen LogP contribution is 2.30. The van der Waals surface area contributed by atoms with Crippen LogP contribution in [0.1, 0.15) is 12.5 Å². The molecule has 1 rings (SSSR count). The Morgan fingerprint density at radius 1 is 1.33 bits per heavy atom. The van der Waals surface area contributed by atoms with Crippen molar-refractivity contribution in [2.45, 2.75) is 18.7 Å². The molecular formula is C11H9F3N2O2. The highest BCUT2D eigenvalue weighted by molar-refractivity contribution is 5.97. The molecule has 1 unspecified atom stereocenters. The Hall–Kier alpha value is -2.07. The van der Waals surface area contributed by atoms with E-state index >= 15 is 0 Å². The molecule has 0 fully saturated rings. The minimum atomic E-state index is -5.07. The fraction of sp³-hybridized carbons (Fsp3) is 0.273. The zero-order chi connectivity index (χ0) is 14.0. The predicted octanol–water partition coefficient (Wildman–Crippen LogP) is 1.81. The van der Waals surface area contributed by atoms with Crippen LogP contribution in [0.4, 0.5) is 18.9 Å². The molecule has 0 aliphatic heterocycles. The molecule has 0 saturated heterocycles. The summed E-state index contributed by atoms with van der Waals surface area (Å²) in [6.45, 7) is 0.367. The van der Waals surface area contributed by atoms with Crippen molar-refractivity contribution < 1.29 is 23.1 Å². The van der Waals surface area contributed by atoms with E-state index in [1.54, 1.807) is 0 Å². The van der Waals surface area contributed by atoms with Gasteiger partial charge in [-0.15, -0.1) is 0 Å². The topological polar surface area (TPSA) is 73.1 Å². The van der Waals surface area contributed by atoms with E-state index in [1.165, 1.54) is 24.3 Å². The zero-order valence-electron chi connectivity index (χ0n) is 9.25. The van der Waals surface area contributed by atoms with Gasteiger partial charge in [0.1, 0.15) is 0 Å². The monoisotopic (exact) mass is 258 g/mol. The summed E-state index contributed by atoms with van der Waals surface area (Å²) in [5.74, 6) is -1.58. The maximum Gasteiger partial charge on any atom is 0.426 e. The zero-order valence-corrected chi connectivity index (χ0v) is 9.25. The van der Waals surface area contributed by atoms with Gasteiger partial charge in [0, 0.05) is 5.69 Å². The van der Waals surface area contributed by atoms with Crippen LogP contribution in [-0.4, -0.2) is 22.8 Å². The molecule has 1 amide bonds.